The molecular weight excluding hydrogens is 390 g/mol. The second kappa shape index (κ2) is 8.63. The minimum absolute atomic E-state index is 0.196. The third-order valence-electron chi connectivity index (χ3n) is 6.49. The maximum absolute atomic E-state index is 13.0. The van der Waals surface area contributed by atoms with Crippen LogP contribution in [0.2, 0.25) is 0 Å². The van der Waals surface area contributed by atoms with Crippen LogP contribution >= 0.6 is 0 Å². The van der Waals surface area contributed by atoms with Crippen molar-refractivity contribution in [1.29, 1.82) is 0 Å². The summed E-state index contributed by atoms with van der Waals surface area (Å²) in [7, 11) is 1.69. The van der Waals surface area contributed by atoms with E-state index in [-0.39, 0.29) is 5.63 Å². The highest BCUT2D eigenvalue weighted by Gasteiger charge is 2.26. The minimum Gasteiger partial charge on any atom is -0.497 e. The summed E-state index contributed by atoms with van der Waals surface area (Å²) >= 11 is 0. The fourth-order valence-corrected chi connectivity index (χ4v) is 4.82. The van der Waals surface area contributed by atoms with Crippen LogP contribution in [-0.4, -0.2) is 51.3 Å². The van der Waals surface area contributed by atoms with Gasteiger partial charge in [0.1, 0.15) is 11.3 Å². The Kier molecular flexibility index (Phi) is 5.55. The number of piperazine rings is 1. The molecule has 6 nitrogen and oxygen atoms in total. The highest BCUT2D eigenvalue weighted by Crippen LogP contribution is 2.32. The van der Waals surface area contributed by atoms with Crippen molar-refractivity contribution >= 4 is 22.3 Å². The van der Waals surface area contributed by atoms with E-state index in [4.69, 9.17) is 9.15 Å². The first-order chi connectivity index (χ1) is 15.2. The summed E-state index contributed by atoms with van der Waals surface area (Å²) in [5, 5.41) is 1.04. The summed E-state index contributed by atoms with van der Waals surface area (Å²) in [5.41, 5.74) is 3.55. The Labute approximate surface area is 182 Å². The fourth-order valence-electron chi connectivity index (χ4n) is 4.82. The smallest absolute Gasteiger partial charge is 0.342 e. The van der Waals surface area contributed by atoms with Crippen LogP contribution in [0.3, 0.4) is 0 Å². The molecule has 1 aromatic heterocycles. The quantitative estimate of drug-likeness (QED) is 0.588. The first-order valence-electron chi connectivity index (χ1n) is 11.1. The molecule has 3 aromatic rings. The Balaban J connectivity index is 1.44. The lowest BCUT2D eigenvalue weighted by atomic mass is 10.1. The summed E-state index contributed by atoms with van der Waals surface area (Å²) in [6.45, 7) is 6.32. The third kappa shape index (κ3) is 4.00. The number of para-hydroxylation sites is 1. The van der Waals surface area contributed by atoms with Gasteiger partial charge in [0.15, 0.2) is 0 Å². The molecule has 0 saturated carbocycles. The van der Waals surface area contributed by atoms with Crippen LogP contribution in [0.15, 0.2) is 57.7 Å². The number of anilines is 2. The van der Waals surface area contributed by atoms with E-state index < -0.39 is 0 Å². The molecule has 5 rings (SSSR count). The van der Waals surface area contributed by atoms with Crippen LogP contribution in [0.25, 0.3) is 11.0 Å². The molecule has 0 radical (unpaired) electrons. The zero-order chi connectivity index (χ0) is 21.2. The summed E-state index contributed by atoms with van der Waals surface area (Å²) in [6.07, 6.45) is 2.41. The van der Waals surface area contributed by atoms with Gasteiger partial charge in [0.25, 0.3) is 0 Å². The molecular formula is C25H29N3O3. The molecule has 2 aromatic carbocycles. The van der Waals surface area contributed by atoms with Gasteiger partial charge < -0.3 is 19.0 Å². The number of nitrogens with zero attached hydrogens (tertiary/aromatic N) is 3. The molecule has 0 bridgehead atoms. The van der Waals surface area contributed by atoms with Crippen molar-refractivity contribution in [2.75, 3.05) is 56.2 Å². The van der Waals surface area contributed by atoms with E-state index >= 15 is 0 Å². The monoisotopic (exact) mass is 419 g/mol. The molecule has 0 aliphatic carbocycles. The van der Waals surface area contributed by atoms with Gasteiger partial charge >= 0.3 is 5.63 Å². The fraction of sp³-hybridized carbons (Fsp3) is 0.400. The zero-order valence-corrected chi connectivity index (χ0v) is 18.0. The van der Waals surface area contributed by atoms with Gasteiger partial charge in [0.2, 0.25) is 0 Å². The predicted octanol–water partition coefficient (Wildman–Crippen LogP) is 3.72. The van der Waals surface area contributed by atoms with E-state index in [1.165, 1.54) is 18.5 Å². The van der Waals surface area contributed by atoms with Gasteiger partial charge in [-0.25, -0.2) is 4.79 Å². The molecule has 0 unspecified atom stereocenters. The Morgan fingerprint density at radius 2 is 1.55 bits per heavy atom. The molecule has 2 aliphatic rings. The van der Waals surface area contributed by atoms with Gasteiger partial charge in [-0.05, 0) is 62.3 Å². The number of hydrogen-bond donors (Lipinski definition) is 0. The molecule has 0 amide bonds. The summed E-state index contributed by atoms with van der Waals surface area (Å²) < 4.78 is 11.0. The van der Waals surface area contributed by atoms with Gasteiger partial charge in [-0.15, -0.1) is 0 Å². The molecule has 162 valence electrons. The van der Waals surface area contributed by atoms with Crippen molar-refractivity contribution in [2.24, 2.45) is 0 Å². The lowest BCUT2D eigenvalue weighted by molar-refractivity contribution is 0.325. The van der Waals surface area contributed by atoms with Crippen LogP contribution in [0, 0.1) is 0 Å². The molecule has 0 spiro atoms. The first-order valence-corrected chi connectivity index (χ1v) is 11.1. The van der Waals surface area contributed by atoms with Crippen molar-refractivity contribution in [3.8, 4) is 5.75 Å². The lowest BCUT2D eigenvalue weighted by Crippen LogP contribution is -2.47. The maximum atomic E-state index is 13.0. The second-order valence-corrected chi connectivity index (χ2v) is 8.37. The lowest BCUT2D eigenvalue weighted by Gasteiger charge is -2.38. The van der Waals surface area contributed by atoms with Crippen LogP contribution < -0.4 is 20.2 Å². The third-order valence-corrected chi connectivity index (χ3v) is 6.49. The number of rotatable bonds is 5. The molecule has 3 heterocycles. The summed E-state index contributed by atoms with van der Waals surface area (Å²) in [6, 6.07) is 16.2. The Hall–Kier alpha value is -2.99. The van der Waals surface area contributed by atoms with Gasteiger partial charge in [-0.3, -0.25) is 4.90 Å². The standard InChI is InChI=1S/C25H29N3O3/c1-30-20-10-8-19(9-11-20)27-14-16-28(17-15-27)24-21-6-2-3-7-23(21)31-25(29)22(24)18-26-12-4-5-13-26/h2-3,6-11H,4-5,12-18H2,1H3. The number of ether oxygens (including phenoxy) is 1. The van der Waals surface area contributed by atoms with E-state index in [0.717, 1.165) is 61.7 Å². The predicted molar refractivity (Wildman–Crippen MR) is 124 cm³/mol. The van der Waals surface area contributed by atoms with Crippen LogP contribution in [0.5, 0.6) is 5.75 Å². The van der Waals surface area contributed by atoms with Gasteiger partial charge in [-0.2, -0.15) is 0 Å². The molecule has 2 aliphatic heterocycles. The van der Waals surface area contributed by atoms with Crippen molar-refractivity contribution in [3.63, 3.8) is 0 Å². The first kappa shape index (κ1) is 19.9. The second-order valence-electron chi connectivity index (χ2n) is 8.37. The van der Waals surface area contributed by atoms with Crippen LogP contribution in [0.1, 0.15) is 18.4 Å². The molecule has 2 fully saturated rings. The highest BCUT2D eigenvalue weighted by atomic mass is 16.5. The largest absolute Gasteiger partial charge is 0.497 e. The normalized spacial score (nSPS) is 17.5. The average Bonchev–Trinajstić information content (AvgIpc) is 3.33. The highest BCUT2D eigenvalue weighted by molar-refractivity contribution is 5.92. The van der Waals surface area contributed by atoms with Crippen LogP contribution in [0.4, 0.5) is 11.4 Å². The molecule has 2 saturated heterocycles. The van der Waals surface area contributed by atoms with E-state index in [1.807, 2.05) is 30.3 Å². The molecule has 31 heavy (non-hydrogen) atoms. The van der Waals surface area contributed by atoms with E-state index in [2.05, 4.69) is 32.9 Å². The number of benzene rings is 2. The zero-order valence-electron chi connectivity index (χ0n) is 18.0. The molecule has 0 N–H and O–H groups in total. The molecule has 6 heteroatoms. The number of hydrogen-bond acceptors (Lipinski definition) is 6. The summed E-state index contributed by atoms with van der Waals surface area (Å²) in [4.78, 5) is 20.1. The van der Waals surface area contributed by atoms with Crippen molar-refractivity contribution in [3.05, 3.63) is 64.5 Å². The van der Waals surface area contributed by atoms with Crippen molar-refractivity contribution in [1.82, 2.24) is 4.90 Å². The van der Waals surface area contributed by atoms with E-state index in [9.17, 15) is 4.79 Å². The maximum Gasteiger partial charge on any atom is 0.342 e. The van der Waals surface area contributed by atoms with E-state index in [1.54, 1.807) is 7.11 Å². The Morgan fingerprint density at radius 1 is 0.871 bits per heavy atom. The number of fused-ring (bicyclic) bond motifs is 1. The Morgan fingerprint density at radius 3 is 2.26 bits per heavy atom. The SMILES string of the molecule is COc1ccc(N2CCN(c3c(CN4CCCC4)c(=O)oc4ccccc34)CC2)cc1. The molecule has 0 atom stereocenters. The Bertz CT molecular complexity index is 1100. The topological polar surface area (TPSA) is 49.2 Å². The van der Waals surface area contributed by atoms with E-state index in [0.29, 0.717) is 12.1 Å². The summed E-state index contributed by atoms with van der Waals surface area (Å²) in [5.74, 6) is 0.872. The van der Waals surface area contributed by atoms with Crippen LogP contribution in [-0.2, 0) is 6.54 Å². The average molecular weight is 420 g/mol. The minimum atomic E-state index is -0.196. The number of methoxy groups -OCH3 is 1. The van der Waals surface area contributed by atoms with Gasteiger partial charge in [0.05, 0.1) is 18.4 Å². The van der Waals surface area contributed by atoms with Crippen molar-refractivity contribution in [2.45, 2.75) is 19.4 Å². The van der Waals surface area contributed by atoms with Crippen molar-refractivity contribution < 1.29 is 9.15 Å². The van der Waals surface area contributed by atoms with Gasteiger partial charge in [0, 0.05) is 43.8 Å². The van der Waals surface area contributed by atoms with Gasteiger partial charge in [-0.1, -0.05) is 12.1 Å². The number of likely N-dealkylation sites (tertiary alicyclic amines) is 1.